The summed E-state index contributed by atoms with van der Waals surface area (Å²) in [5.41, 5.74) is 3.87. The Labute approximate surface area is 156 Å². The molecule has 7 heteroatoms. The van der Waals surface area contributed by atoms with E-state index in [4.69, 9.17) is 9.47 Å². The molecule has 1 aliphatic rings. The highest BCUT2D eigenvalue weighted by Crippen LogP contribution is 2.33. The zero-order valence-electron chi connectivity index (χ0n) is 14.9. The summed E-state index contributed by atoms with van der Waals surface area (Å²) in [5.74, 6) is 1.66. The number of aromatic nitrogens is 2. The van der Waals surface area contributed by atoms with Crippen LogP contribution in [0.4, 0.5) is 17.3 Å². The van der Waals surface area contributed by atoms with E-state index in [1.54, 1.807) is 26.5 Å². The fourth-order valence-electron chi connectivity index (χ4n) is 3.00. The molecule has 0 spiro atoms. The number of benzene rings is 2. The van der Waals surface area contributed by atoms with E-state index >= 15 is 0 Å². The number of nitrogens with zero attached hydrogens (tertiary/aromatic N) is 2. The lowest BCUT2D eigenvalue weighted by Gasteiger charge is -2.12. The highest BCUT2D eigenvalue weighted by molar-refractivity contribution is 5.99. The lowest BCUT2D eigenvalue weighted by Crippen LogP contribution is -2.12. The van der Waals surface area contributed by atoms with E-state index in [1.165, 1.54) is 0 Å². The van der Waals surface area contributed by atoms with Gasteiger partial charge in [0.15, 0.2) is 0 Å². The summed E-state index contributed by atoms with van der Waals surface area (Å²) in [7, 11) is 3.19. The molecule has 136 valence electrons. The molecule has 0 bridgehead atoms. The number of hydrogen-bond donors (Lipinski definition) is 2. The van der Waals surface area contributed by atoms with Crippen molar-refractivity contribution >= 4 is 23.2 Å². The summed E-state index contributed by atoms with van der Waals surface area (Å²) in [6.45, 7) is 0. The molecule has 0 radical (unpaired) electrons. The standard InChI is InChI=1S/C20H18N4O3/c1-26-14-8-13(9-15(10-14)27-2)22-20-21-11-12-7-18(25)23-17-6-4-3-5-16(17)19(12)24-20/h3-6,8-11H,7H2,1-2H3,(H,23,25)(H,21,22,24). The first kappa shape index (κ1) is 16.8. The maximum atomic E-state index is 12.1. The second-order valence-corrected chi connectivity index (χ2v) is 6.06. The predicted octanol–water partition coefficient (Wildman–Crippen LogP) is 3.40. The van der Waals surface area contributed by atoms with E-state index < -0.39 is 0 Å². The van der Waals surface area contributed by atoms with E-state index in [0.717, 1.165) is 28.2 Å². The van der Waals surface area contributed by atoms with Crippen LogP contribution >= 0.6 is 0 Å². The van der Waals surface area contributed by atoms with E-state index in [1.807, 2.05) is 36.4 Å². The van der Waals surface area contributed by atoms with Gasteiger partial charge in [-0.1, -0.05) is 18.2 Å². The van der Waals surface area contributed by atoms with Gasteiger partial charge in [-0.2, -0.15) is 0 Å². The van der Waals surface area contributed by atoms with Crippen molar-refractivity contribution in [1.29, 1.82) is 0 Å². The van der Waals surface area contributed by atoms with Crippen LogP contribution in [0.15, 0.2) is 48.7 Å². The van der Waals surface area contributed by atoms with Crippen LogP contribution in [0.2, 0.25) is 0 Å². The molecule has 27 heavy (non-hydrogen) atoms. The smallest absolute Gasteiger partial charge is 0.228 e. The first-order chi connectivity index (χ1) is 13.2. The molecule has 0 atom stereocenters. The monoisotopic (exact) mass is 362 g/mol. The topological polar surface area (TPSA) is 85.4 Å². The highest BCUT2D eigenvalue weighted by atomic mass is 16.5. The molecule has 7 nitrogen and oxygen atoms in total. The Balaban J connectivity index is 1.74. The largest absolute Gasteiger partial charge is 0.497 e. The Kier molecular flexibility index (Phi) is 4.33. The van der Waals surface area contributed by atoms with Gasteiger partial charge < -0.3 is 20.1 Å². The quantitative estimate of drug-likeness (QED) is 0.740. The lowest BCUT2D eigenvalue weighted by atomic mass is 10.1. The molecule has 0 fully saturated rings. The Morgan fingerprint density at radius 2 is 1.81 bits per heavy atom. The molecule has 1 aliphatic heterocycles. The molecule has 0 unspecified atom stereocenters. The first-order valence-corrected chi connectivity index (χ1v) is 8.41. The number of hydrogen-bond acceptors (Lipinski definition) is 6. The maximum Gasteiger partial charge on any atom is 0.228 e. The van der Waals surface area contributed by atoms with Crippen molar-refractivity contribution < 1.29 is 14.3 Å². The van der Waals surface area contributed by atoms with Gasteiger partial charge in [0.2, 0.25) is 11.9 Å². The van der Waals surface area contributed by atoms with Crippen molar-refractivity contribution in [1.82, 2.24) is 9.97 Å². The second-order valence-electron chi connectivity index (χ2n) is 6.06. The van der Waals surface area contributed by atoms with Gasteiger partial charge in [0, 0.05) is 41.2 Å². The Hall–Kier alpha value is -3.61. The fourth-order valence-corrected chi connectivity index (χ4v) is 3.00. The van der Waals surface area contributed by atoms with Crippen LogP contribution < -0.4 is 20.1 Å². The van der Waals surface area contributed by atoms with Crippen LogP contribution in [0.5, 0.6) is 11.5 Å². The molecular weight excluding hydrogens is 344 g/mol. The normalized spacial score (nSPS) is 12.3. The molecule has 3 aromatic rings. The number of nitrogens with one attached hydrogen (secondary N) is 2. The van der Waals surface area contributed by atoms with E-state index in [-0.39, 0.29) is 12.3 Å². The molecular formula is C20H18N4O3. The number of para-hydroxylation sites is 1. The Bertz CT molecular complexity index is 998. The van der Waals surface area contributed by atoms with Crippen molar-refractivity contribution in [2.75, 3.05) is 24.9 Å². The van der Waals surface area contributed by atoms with Crippen molar-refractivity contribution in [3.8, 4) is 22.8 Å². The van der Waals surface area contributed by atoms with Gasteiger partial charge in [0.05, 0.1) is 32.0 Å². The van der Waals surface area contributed by atoms with Gasteiger partial charge in [0.25, 0.3) is 0 Å². The molecule has 1 amide bonds. The van der Waals surface area contributed by atoms with E-state index in [2.05, 4.69) is 20.6 Å². The molecule has 1 aromatic heterocycles. The highest BCUT2D eigenvalue weighted by Gasteiger charge is 2.20. The molecule has 0 aliphatic carbocycles. The molecule has 2 aromatic carbocycles. The summed E-state index contributed by atoms with van der Waals surface area (Å²) in [4.78, 5) is 21.1. The Morgan fingerprint density at radius 1 is 1.07 bits per heavy atom. The summed E-state index contributed by atoms with van der Waals surface area (Å²) in [6.07, 6.45) is 1.92. The molecule has 2 heterocycles. The van der Waals surface area contributed by atoms with Gasteiger partial charge in [-0.3, -0.25) is 4.79 Å². The van der Waals surface area contributed by atoms with Crippen LogP contribution in [-0.4, -0.2) is 30.1 Å². The molecule has 0 saturated carbocycles. The van der Waals surface area contributed by atoms with Crippen molar-refractivity contribution in [3.05, 3.63) is 54.2 Å². The zero-order chi connectivity index (χ0) is 18.8. The van der Waals surface area contributed by atoms with Crippen molar-refractivity contribution in [3.63, 3.8) is 0 Å². The fraction of sp³-hybridized carbons (Fsp3) is 0.150. The predicted molar refractivity (Wildman–Crippen MR) is 103 cm³/mol. The maximum absolute atomic E-state index is 12.1. The minimum atomic E-state index is -0.0805. The van der Waals surface area contributed by atoms with Crippen molar-refractivity contribution in [2.45, 2.75) is 6.42 Å². The average Bonchev–Trinajstić information content (AvgIpc) is 2.83. The number of anilines is 3. The average molecular weight is 362 g/mol. The van der Waals surface area contributed by atoms with Gasteiger partial charge in [-0.25, -0.2) is 9.97 Å². The van der Waals surface area contributed by atoms with E-state index in [9.17, 15) is 4.79 Å². The lowest BCUT2D eigenvalue weighted by molar-refractivity contribution is -0.115. The molecule has 4 rings (SSSR count). The van der Waals surface area contributed by atoms with Crippen LogP contribution in [0.25, 0.3) is 11.3 Å². The number of ether oxygens (including phenoxy) is 2. The van der Waals surface area contributed by atoms with Crippen LogP contribution in [-0.2, 0) is 11.2 Å². The van der Waals surface area contributed by atoms with E-state index in [0.29, 0.717) is 17.4 Å². The SMILES string of the molecule is COc1cc(Nc2ncc3c(n2)-c2ccccc2NC(=O)C3)cc(OC)c1. The van der Waals surface area contributed by atoms with Gasteiger partial charge in [0.1, 0.15) is 11.5 Å². The first-order valence-electron chi connectivity index (χ1n) is 8.41. The third kappa shape index (κ3) is 3.39. The number of amides is 1. The van der Waals surface area contributed by atoms with Gasteiger partial charge >= 0.3 is 0 Å². The minimum Gasteiger partial charge on any atom is -0.497 e. The third-order valence-electron chi connectivity index (χ3n) is 4.28. The summed E-state index contributed by atoms with van der Waals surface area (Å²) < 4.78 is 10.6. The van der Waals surface area contributed by atoms with Gasteiger partial charge in [-0.15, -0.1) is 0 Å². The zero-order valence-corrected chi connectivity index (χ0v) is 14.9. The number of methoxy groups -OCH3 is 2. The molecule has 2 N–H and O–H groups in total. The summed E-state index contributed by atoms with van der Waals surface area (Å²) >= 11 is 0. The van der Waals surface area contributed by atoms with Crippen LogP contribution in [0.3, 0.4) is 0 Å². The number of carbonyl (C=O) groups excluding carboxylic acids is 1. The van der Waals surface area contributed by atoms with Crippen LogP contribution in [0.1, 0.15) is 5.56 Å². The summed E-state index contributed by atoms with van der Waals surface area (Å²) in [5, 5.41) is 6.09. The summed E-state index contributed by atoms with van der Waals surface area (Å²) in [6, 6.07) is 13.1. The van der Waals surface area contributed by atoms with Gasteiger partial charge in [-0.05, 0) is 6.07 Å². The number of fused-ring (bicyclic) bond motifs is 3. The second kappa shape index (κ2) is 6.95. The number of carbonyl (C=O) groups is 1. The third-order valence-corrected chi connectivity index (χ3v) is 4.28. The van der Waals surface area contributed by atoms with Crippen LogP contribution in [0, 0.1) is 0 Å². The number of rotatable bonds is 4. The minimum absolute atomic E-state index is 0.0805. The van der Waals surface area contributed by atoms with Crippen molar-refractivity contribution in [2.24, 2.45) is 0 Å². The molecule has 0 saturated heterocycles. The Morgan fingerprint density at radius 3 is 2.56 bits per heavy atom.